The van der Waals surface area contributed by atoms with E-state index >= 15 is 0 Å². The van der Waals surface area contributed by atoms with Crippen LogP contribution in [0.2, 0.25) is 5.15 Å². The summed E-state index contributed by atoms with van der Waals surface area (Å²) < 4.78 is 5.60. The highest BCUT2D eigenvalue weighted by Gasteiger charge is 2.18. The molecule has 0 saturated carbocycles. The molecular formula is C17H13ClN4O3. The van der Waals surface area contributed by atoms with Crippen molar-refractivity contribution in [3.63, 3.8) is 0 Å². The van der Waals surface area contributed by atoms with E-state index in [0.717, 1.165) is 5.56 Å². The summed E-state index contributed by atoms with van der Waals surface area (Å²) in [6.07, 6.45) is 0. The zero-order valence-electron chi connectivity index (χ0n) is 12.9. The summed E-state index contributed by atoms with van der Waals surface area (Å²) in [7, 11) is 0. The van der Waals surface area contributed by atoms with Crippen molar-refractivity contribution >= 4 is 23.2 Å². The molecule has 126 valence electrons. The fraction of sp³-hybridized carbons (Fsp3) is 0.0588. The molecule has 0 aliphatic rings. The zero-order chi connectivity index (χ0) is 17.8. The lowest BCUT2D eigenvalue weighted by atomic mass is 10.1. The molecule has 0 amide bonds. The van der Waals surface area contributed by atoms with Crippen molar-refractivity contribution in [2.45, 2.75) is 6.61 Å². The van der Waals surface area contributed by atoms with Crippen molar-refractivity contribution in [1.82, 2.24) is 9.97 Å². The quantitative estimate of drug-likeness (QED) is 0.422. The van der Waals surface area contributed by atoms with Gasteiger partial charge in [0, 0.05) is 17.7 Å². The van der Waals surface area contributed by atoms with E-state index in [0.29, 0.717) is 11.3 Å². The first-order chi connectivity index (χ1) is 12.0. The molecule has 0 bridgehead atoms. The Balaban J connectivity index is 1.91. The van der Waals surface area contributed by atoms with Crippen LogP contribution in [0.1, 0.15) is 5.56 Å². The molecule has 8 heteroatoms. The van der Waals surface area contributed by atoms with E-state index in [2.05, 4.69) is 9.97 Å². The Kier molecular flexibility index (Phi) is 4.76. The Morgan fingerprint density at radius 2 is 1.88 bits per heavy atom. The maximum absolute atomic E-state index is 11.4. The molecule has 25 heavy (non-hydrogen) atoms. The van der Waals surface area contributed by atoms with Gasteiger partial charge in [-0.1, -0.05) is 41.9 Å². The van der Waals surface area contributed by atoms with Crippen LogP contribution in [-0.4, -0.2) is 14.9 Å². The van der Waals surface area contributed by atoms with Gasteiger partial charge in [0.1, 0.15) is 11.8 Å². The van der Waals surface area contributed by atoms with Crippen LogP contribution in [0.5, 0.6) is 5.75 Å². The highest BCUT2D eigenvalue weighted by molar-refractivity contribution is 6.29. The third-order valence-electron chi connectivity index (χ3n) is 3.40. The average molecular weight is 357 g/mol. The van der Waals surface area contributed by atoms with Gasteiger partial charge in [-0.3, -0.25) is 10.1 Å². The zero-order valence-corrected chi connectivity index (χ0v) is 13.7. The summed E-state index contributed by atoms with van der Waals surface area (Å²) in [5, 5.41) is 11.6. The molecular weight excluding hydrogens is 344 g/mol. The second-order valence-corrected chi connectivity index (χ2v) is 5.54. The normalized spacial score (nSPS) is 10.4. The summed E-state index contributed by atoms with van der Waals surface area (Å²) >= 11 is 5.86. The minimum Gasteiger partial charge on any atom is -0.482 e. The molecule has 2 aromatic carbocycles. The molecule has 1 aromatic heterocycles. The van der Waals surface area contributed by atoms with Gasteiger partial charge in [-0.2, -0.15) is 0 Å². The molecule has 0 spiro atoms. The van der Waals surface area contributed by atoms with Crippen molar-refractivity contribution in [1.29, 1.82) is 0 Å². The molecule has 0 radical (unpaired) electrons. The number of aromatic nitrogens is 2. The number of nitrogens with two attached hydrogens (primary N) is 1. The van der Waals surface area contributed by atoms with Gasteiger partial charge in [0.25, 0.3) is 0 Å². The van der Waals surface area contributed by atoms with Crippen molar-refractivity contribution in [3.8, 4) is 17.0 Å². The van der Waals surface area contributed by atoms with E-state index in [1.807, 2.05) is 30.3 Å². The summed E-state index contributed by atoms with van der Waals surface area (Å²) in [4.78, 5) is 18.7. The van der Waals surface area contributed by atoms with Crippen LogP contribution in [0.3, 0.4) is 0 Å². The molecule has 0 aliphatic heterocycles. The lowest BCUT2D eigenvalue weighted by Crippen LogP contribution is -2.00. The van der Waals surface area contributed by atoms with Crippen LogP contribution < -0.4 is 10.5 Å². The number of hydrogen-bond donors (Lipinski definition) is 1. The Bertz CT molecular complexity index is 899. The van der Waals surface area contributed by atoms with Gasteiger partial charge >= 0.3 is 5.69 Å². The molecule has 3 aromatic rings. The smallest absolute Gasteiger partial charge is 0.311 e. The number of benzene rings is 2. The predicted molar refractivity (Wildman–Crippen MR) is 94.3 cm³/mol. The number of ether oxygens (including phenoxy) is 1. The van der Waals surface area contributed by atoms with Crippen molar-refractivity contribution in [3.05, 3.63) is 75.4 Å². The van der Waals surface area contributed by atoms with Crippen LogP contribution in [0.25, 0.3) is 11.3 Å². The third-order valence-corrected chi connectivity index (χ3v) is 3.59. The van der Waals surface area contributed by atoms with Crippen molar-refractivity contribution < 1.29 is 9.66 Å². The molecule has 0 fully saturated rings. The number of nitro benzene ring substituents is 1. The van der Waals surface area contributed by atoms with Gasteiger partial charge in [-0.15, -0.1) is 0 Å². The fourth-order valence-corrected chi connectivity index (χ4v) is 2.45. The molecule has 2 N–H and O–H groups in total. The summed E-state index contributed by atoms with van der Waals surface area (Å²) in [6.45, 7) is 0.229. The van der Waals surface area contributed by atoms with E-state index in [1.165, 1.54) is 18.2 Å². The maximum atomic E-state index is 11.4. The van der Waals surface area contributed by atoms with Gasteiger partial charge < -0.3 is 10.5 Å². The number of rotatable bonds is 5. The highest BCUT2D eigenvalue weighted by atomic mass is 35.5. The molecule has 0 unspecified atom stereocenters. The van der Waals surface area contributed by atoms with E-state index in [4.69, 9.17) is 22.1 Å². The van der Waals surface area contributed by atoms with Crippen LogP contribution in [0, 0.1) is 10.1 Å². The second kappa shape index (κ2) is 7.14. The SMILES string of the molecule is Nc1nc(Cl)cc(-c2ccc(OCc3ccccc3)c([N+](=O)[O-])c2)n1. The van der Waals surface area contributed by atoms with Crippen molar-refractivity contribution in [2.24, 2.45) is 0 Å². The van der Waals surface area contributed by atoms with Gasteiger partial charge in [-0.05, 0) is 17.7 Å². The Morgan fingerprint density at radius 1 is 1.12 bits per heavy atom. The fourth-order valence-electron chi connectivity index (χ4n) is 2.26. The molecule has 7 nitrogen and oxygen atoms in total. The molecule has 0 saturated heterocycles. The Morgan fingerprint density at radius 3 is 2.56 bits per heavy atom. The van der Waals surface area contributed by atoms with Crippen LogP contribution in [-0.2, 0) is 6.61 Å². The number of nitro groups is 1. The van der Waals surface area contributed by atoms with E-state index in [9.17, 15) is 10.1 Å². The Hall–Kier alpha value is -3.19. The lowest BCUT2D eigenvalue weighted by molar-refractivity contribution is -0.385. The van der Waals surface area contributed by atoms with Crippen LogP contribution >= 0.6 is 11.6 Å². The van der Waals surface area contributed by atoms with Gasteiger partial charge in [-0.25, -0.2) is 9.97 Å². The first-order valence-electron chi connectivity index (χ1n) is 7.28. The predicted octanol–water partition coefficient (Wildman–Crippen LogP) is 3.87. The maximum Gasteiger partial charge on any atom is 0.311 e. The largest absolute Gasteiger partial charge is 0.482 e. The molecule has 0 aliphatic carbocycles. The van der Waals surface area contributed by atoms with E-state index in [1.54, 1.807) is 6.07 Å². The topological polar surface area (TPSA) is 104 Å². The first-order valence-corrected chi connectivity index (χ1v) is 7.66. The number of halogens is 1. The second-order valence-electron chi connectivity index (χ2n) is 5.15. The monoisotopic (exact) mass is 356 g/mol. The molecule has 3 rings (SSSR count). The summed E-state index contributed by atoms with van der Waals surface area (Å²) in [5.74, 6) is 0.167. The molecule has 0 atom stereocenters. The lowest BCUT2D eigenvalue weighted by Gasteiger charge is -2.09. The van der Waals surface area contributed by atoms with Crippen LogP contribution in [0.15, 0.2) is 54.6 Å². The number of nitrogens with zero attached hydrogens (tertiary/aromatic N) is 3. The van der Waals surface area contributed by atoms with E-state index < -0.39 is 4.92 Å². The van der Waals surface area contributed by atoms with Gasteiger partial charge in [0.2, 0.25) is 5.95 Å². The van der Waals surface area contributed by atoms with Gasteiger partial charge in [0.05, 0.1) is 10.6 Å². The number of hydrogen-bond acceptors (Lipinski definition) is 6. The summed E-state index contributed by atoms with van der Waals surface area (Å²) in [6, 6.07) is 15.4. The van der Waals surface area contributed by atoms with Gasteiger partial charge in [0.15, 0.2) is 5.75 Å². The minimum atomic E-state index is -0.504. The Labute approximate surface area is 148 Å². The first kappa shape index (κ1) is 16.7. The standard InChI is InChI=1S/C17H13ClN4O3/c18-16-9-13(20-17(19)21-16)12-6-7-15(14(8-12)22(23)24)25-10-11-4-2-1-3-5-11/h1-9H,10H2,(H2,19,20,21). The van der Waals surface area contributed by atoms with Crippen LogP contribution in [0.4, 0.5) is 11.6 Å². The molecule has 1 heterocycles. The number of anilines is 1. The minimum absolute atomic E-state index is 0.00504. The third kappa shape index (κ3) is 4.02. The van der Waals surface area contributed by atoms with Crippen molar-refractivity contribution in [2.75, 3.05) is 5.73 Å². The summed E-state index contributed by atoms with van der Waals surface area (Å²) in [5.41, 5.74) is 7.21. The van der Waals surface area contributed by atoms with E-state index in [-0.39, 0.29) is 29.1 Å². The average Bonchev–Trinajstić information content (AvgIpc) is 2.60. The number of nitrogen functional groups attached to an aromatic ring is 1. The highest BCUT2D eigenvalue weighted by Crippen LogP contribution is 2.33.